The van der Waals surface area contributed by atoms with Crippen LogP contribution in [0.4, 0.5) is 10.5 Å². The van der Waals surface area contributed by atoms with Crippen LogP contribution in [0.3, 0.4) is 0 Å². The second kappa shape index (κ2) is 8.52. The first kappa shape index (κ1) is 22.6. The third-order valence-corrected chi connectivity index (χ3v) is 7.06. The Balaban J connectivity index is 1.50. The summed E-state index contributed by atoms with van der Waals surface area (Å²) in [6.45, 7) is 5.71. The topological polar surface area (TPSA) is 95.8 Å². The Hall–Kier alpha value is -3.23. The minimum atomic E-state index is -1.37. The first-order valence-corrected chi connectivity index (χ1v) is 11.8. The molecule has 3 amide bonds. The number of aromatic hydroxyl groups is 1. The second-order valence-electron chi connectivity index (χ2n) is 9.04. The van der Waals surface area contributed by atoms with E-state index < -0.39 is 17.5 Å². The van der Waals surface area contributed by atoms with Gasteiger partial charge in [0.15, 0.2) is 11.4 Å². The average molecular weight is 483 g/mol. The standard InChI is InChI=1S/C25H27ClN4O4/c1-3-20-12-30(15(2)13-34-20)19-8-5-17(6-9-19)25(23(32)27-24(33)28-25)14-29-11-16-4-7-18(26)10-21(16)22(29)31/h4-11,15,20,31H,3,12-14H2,1-2H3,(H2,27,28,32,33)/t15?,20-,25-/m0/s1. The highest BCUT2D eigenvalue weighted by atomic mass is 35.5. The molecule has 0 aliphatic carbocycles. The van der Waals surface area contributed by atoms with Crippen LogP contribution in [0, 0.1) is 0 Å². The lowest BCUT2D eigenvalue weighted by Gasteiger charge is -2.39. The molecule has 178 valence electrons. The van der Waals surface area contributed by atoms with Gasteiger partial charge in [0.25, 0.3) is 5.91 Å². The molecule has 5 rings (SSSR count). The Kier molecular flexibility index (Phi) is 5.65. The number of halogens is 1. The van der Waals surface area contributed by atoms with Crippen molar-refractivity contribution in [2.45, 2.75) is 44.5 Å². The Labute approximate surface area is 202 Å². The van der Waals surface area contributed by atoms with E-state index >= 15 is 0 Å². The van der Waals surface area contributed by atoms with E-state index in [9.17, 15) is 14.7 Å². The van der Waals surface area contributed by atoms with E-state index in [1.165, 1.54) is 0 Å². The molecule has 2 aliphatic rings. The summed E-state index contributed by atoms with van der Waals surface area (Å²) in [7, 11) is 0. The van der Waals surface area contributed by atoms with Gasteiger partial charge in [0, 0.05) is 40.3 Å². The number of nitrogens with zero attached hydrogens (tertiary/aromatic N) is 2. The fraction of sp³-hybridized carbons (Fsp3) is 0.360. The van der Waals surface area contributed by atoms with Gasteiger partial charge in [0.05, 0.1) is 19.3 Å². The molecule has 3 N–H and O–H groups in total. The first-order valence-electron chi connectivity index (χ1n) is 11.4. The van der Waals surface area contributed by atoms with Gasteiger partial charge in [-0.15, -0.1) is 0 Å². The van der Waals surface area contributed by atoms with Crippen molar-refractivity contribution in [3.63, 3.8) is 0 Å². The van der Waals surface area contributed by atoms with Crippen LogP contribution < -0.4 is 15.5 Å². The lowest BCUT2D eigenvalue weighted by molar-refractivity contribution is -0.124. The van der Waals surface area contributed by atoms with Gasteiger partial charge in [0.1, 0.15) is 0 Å². The molecule has 2 saturated heterocycles. The number of aromatic nitrogens is 1. The smallest absolute Gasteiger partial charge is 0.322 e. The van der Waals surface area contributed by atoms with Crippen molar-refractivity contribution >= 4 is 40.0 Å². The Morgan fingerprint density at radius 3 is 2.65 bits per heavy atom. The summed E-state index contributed by atoms with van der Waals surface area (Å²) in [4.78, 5) is 27.6. The van der Waals surface area contributed by atoms with Crippen molar-refractivity contribution in [1.82, 2.24) is 15.2 Å². The lowest BCUT2D eigenvalue weighted by Crippen LogP contribution is -2.48. The predicted octanol–water partition coefficient (Wildman–Crippen LogP) is 3.74. The Morgan fingerprint density at radius 1 is 1.21 bits per heavy atom. The lowest BCUT2D eigenvalue weighted by atomic mass is 9.89. The van der Waals surface area contributed by atoms with Crippen LogP contribution in [0.25, 0.3) is 10.8 Å². The van der Waals surface area contributed by atoms with Gasteiger partial charge in [0.2, 0.25) is 0 Å². The van der Waals surface area contributed by atoms with Crippen molar-refractivity contribution in [3.05, 3.63) is 59.2 Å². The highest BCUT2D eigenvalue weighted by molar-refractivity contribution is 6.31. The number of morpholine rings is 1. The third-order valence-electron chi connectivity index (χ3n) is 6.82. The van der Waals surface area contributed by atoms with E-state index in [0.29, 0.717) is 22.6 Å². The zero-order valence-corrected chi connectivity index (χ0v) is 19.8. The molecular weight excluding hydrogens is 456 g/mol. The molecule has 3 aromatic rings. The number of benzene rings is 2. The SMILES string of the molecule is CC[C@H]1CN(c2ccc([C@]3(Cn4cc5ccc(Cl)cc5c4O)NC(=O)NC3=O)cc2)C(C)CO1. The molecule has 2 fully saturated rings. The maximum absolute atomic E-state index is 13.1. The van der Waals surface area contributed by atoms with Crippen LogP contribution in [0.1, 0.15) is 25.8 Å². The summed E-state index contributed by atoms with van der Waals surface area (Å²) < 4.78 is 7.44. The Bertz CT molecular complexity index is 1260. The van der Waals surface area contributed by atoms with Crippen LogP contribution >= 0.6 is 11.6 Å². The maximum atomic E-state index is 13.1. The highest BCUT2D eigenvalue weighted by Gasteiger charge is 2.48. The molecular formula is C25H27ClN4O4. The fourth-order valence-electron chi connectivity index (χ4n) is 4.85. The van der Waals surface area contributed by atoms with Gasteiger partial charge in [-0.1, -0.05) is 36.7 Å². The number of amides is 3. The van der Waals surface area contributed by atoms with Crippen molar-refractivity contribution in [2.24, 2.45) is 0 Å². The molecule has 34 heavy (non-hydrogen) atoms. The second-order valence-corrected chi connectivity index (χ2v) is 9.47. The predicted molar refractivity (Wildman–Crippen MR) is 130 cm³/mol. The number of fused-ring (bicyclic) bond motifs is 1. The molecule has 3 heterocycles. The first-order chi connectivity index (χ1) is 16.3. The van der Waals surface area contributed by atoms with Gasteiger partial charge in [-0.3, -0.25) is 10.1 Å². The van der Waals surface area contributed by atoms with Gasteiger partial charge in [-0.25, -0.2) is 4.79 Å². The van der Waals surface area contributed by atoms with Gasteiger partial charge >= 0.3 is 6.03 Å². The molecule has 0 saturated carbocycles. The molecule has 8 nitrogen and oxygen atoms in total. The molecule has 2 aromatic carbocycles. The quantitative estimate of drug-likeness (QED) is 0.481. The summed E-state index contributed by atoms with van der Waals surface area (Å²) >= 11 is 6.09. The summed E-state index contributed by atoms with van der Waals surface area (Å²) in [6, 6.07) is 12.5. The number of imide groups is 1. The largest absolute Gasteiger partial charge is 0.494 e. The zero-order valence-electron chi connectivity index (χ0n) is 19.0. The van der Waals surface area contributed by atoms with E-state index in [1.54, 1.807) is 29.0 Å². The number of hydrogen-bond donors (Lipinski definition) is 3. The number of carbonyl (C=O) groups is 2. The van der Waals surface area contributed by atoms with E-state index in [2.05, 4.69) is 29.4 Å². The molecule has 3 atom stereocenters. The molecule has 9 heteroatoms. The van der Waals surface area contributed by atoms with Crippen molar-refractivity contribution in [3.8, 4) is 5.88 Å². The normalized spacial score (nSPS) is 25.0. The average Bonchev–Trinajstić information content (AvgIpc) is 3.29. The van der Waals surface area contributed by atoms with Crippen molar-refractivity contribution < 1.29 is 19.4 Å². The van der Waals surface area contributed by atoms with Crippen LogP contribution in [0.2, 0.25) is 5.02 Å². The molecule has 1 aromatic heterocycles. The summed E-state index contributed by atoms with van der Waals surface area (Å²) in [5, 5.41) is 17.8. The summed E-state index contributed by atoms with van der Waals surface area (Å²) in [5.41, 5.74) is 0.291. The highest BCUT2D eigenvalue weighted by Crippen LogP contribution is 2.35. The summed E-state index contributed by atoms with van der Waals surface area (Å²) in [6.07, 6.45) is 2.87. The number of hydrogen-bond acceptors (Lipinski definition) is 5. The monoisotopic (exact) mass is 482 g/mol. The Morgan fingerprint density at radius 2 is 1.97 bits per heavy atom. The fourth-order valence-corrected chi connectivity index (χ4v) is 5.03. The molecule has 0 radical (unpaired) electrons. The van der Waals surface area contributed by atoms with Gasteiger partial charge in [-0.2, -0.15) is 0 Å². The summed E-state index contributed by atoms with van der Waals surface area (Å²) in [5.74, 6) is -0.485. The van der Waals surface area contributed by atoms with E-state index in [0.717, 1.165) is 24.0 Å². The maximum Gasteiger partial charge on any atom is 0.322 e. The molecule has 0 bridgehead atoms. The van der Waals surface area contributed by atoms with Crippen LogP contribution in [0.5, 0.6) is 5.88 Å². The van der Waals surface area contributed by atoms with Crippen molar-refractivity contribution in [2.75, 3.05) is 18.1 Å². The number of nitrogens with one attached hydrogen (secondary N) is 2. The van der Waals surface area contributed by atoms with E-state index in [4.69, 9.17) is 16.3 Å². The van der Waals surface area contributed by atoms with E-state index in [1.807, 2.05) is 24.3 Å². The minimum absolute atomic E-state index is 0.0183. The molecule has 1 unspecified atom stereocenters. The number of anilines is 1. The van der Waals surface area contributed by atoms with Crippen LogP contribution in [-0.4, -0.2) is 46.9 Å². The van der Waals surface area contributed by atoms with Crippen molar-refractivity contribution in [1.29, 1.82) is 0 Å². The van der Waals surface area contributed by atoms with Gasteiger partial charge < -0.3 is 24.6 Å². The van der Waals surface area contributed by atoms with Crippen LogP contribution in [-0.2, 0) is 21.6 Å². The van der Waals surface area contributed by atoms with Gasteiger partial charge in [-0.05, 0) is 43.2 Å². The minimum Gasteiger partial charge on any atom is -0.494 e. The number of ether oxygens (including phenoxy) is 1. The molecule has 2 aliphatic heterocycles. The van der Waals surface area contributed by atoms with E-state index in [-0.39, 0.29) is 24.6 Å². The van der Waals surface area contributed by atoms with Crippen LogP contribution in [0.15, 0.2) is 48.7 Å². The third kappa shape index (κ3) is 3.76. The molecule has 0 spiro atoms. The number of urea groups is 1. The zero-order chi connectivity index (χ0) is 24.0. The number of carbonyl (C=O) groups excluding carboxylic acids is 2. The number of rotatable bonds is 5.